The van der Waals surface area contributed by atoms with Gasteiger partial charge in [-0.05, 0) is 42.9 Å². The Morgan fingerprint density at radius 3 is 3.08 bits per heavy atom. The molecule has 1 atom stereocenters. The zero-order valence-corrected chi connectivity index (χ0v) is 7.51. The fourth-order valence-corrected chi connectivity index (χ4v) is 2.03. The van der Waals surface area contributed by atoms with Gasteiger partial charge in [0, 0.05) is 6.04 Å². The maximum atomic E-state index is 5.90. The van der Waals surface area contributed by atoms with Gasteiger partial charge in [0.15, 0.2) is 0 Å². The fraction of sp³-hybridized carbons (Fsp3) is 0.455. The molecule has 2 rings (SSSR count). The van der Waals surface area contributed by atoms with E-state index in [1.165, 1.54) is 17.5 Å². The Hall–Kier alpha value is -0.820. The average Bonchev–Trinajstić information content (AvgIpc) is 2.04. The summed E-state index contributed by atoms with van der Waals surface area (Å²) in [4.78, 5) is 0. The SMILES string of the molecule is Cc1cccc2c1CC[C@@H](N)C2. The van der Waals surface area contributed by atoms with E-state index < -0.39 is 0 Å². The van der Waals surface area contributed by atoms with E-state index in [0.29, 0.717) is 6.04 Å². The number of rotatable bonds is 0. The molecule has 1 aliphatic carbocycles. The predicted octanol–water partition coefficient (Wildman–Crippen LogP) is 1.81. The lowest BCUT2D eigenvalue weighted by Crippen LogP contribution is -2.28. The van der Waals surface area contributed by atoms with Gasteiger partial charge in [0.1, 0.15) is 0 Å². The molecule has 1 nitrogen and oxygen atoms in total. The first-order chi connectivity index (χ1) is 5.77. The van der Waals surface area contributed by atoms with Gasteiger partial charge < -0.3 is 5.73 Å². The van der Waals surface area contributed by atoms with Gasteiger partial charge in [0.2, 0.25) is 0 Å². The minimum Gasteiger partial charge on any atom is -0.327 e. The summed E-state index contributed by atoms with van der Waals surface area (Å²) in [5.74, 6) is 0. The zero-order chi connectivity index (χ0) is 8.55. The first-order valence-corrected chi connectivity index (χ1v) is 4.60. The van der Waals surface area contributed by atoms with E-state index in [4.69, 9.17) is 5.73 Å². The third-order valence-corrected chi connectivity index (χ3v) is 2.75. The lowest BCUT2D eigenvalue weighted by molar-refractivity contribution is 0.575. The third-order valence-electron chi connectivity index (χ3n) is 2.75. The molecule has 0 unspecified atom stereocenters. The Bertz CT molecular complexity index is 291. The van der Waals surface area contributed by atoms with Crippen molar-refractivity contribution in [2.24, 2.45) is 5.73 Å². The van der Waals surface area contributed by atoms with E-state index in [9.17, 15) is 0 Å². The molecule has 0 amide bonds. The Morgan fingerprint density at radius 1 is 1.42 bits per heavy atom. The molecule has 2 N–H and O–H groups in total. The lowest BCUT2D eigenvalue weighted by Gasteiger charge is -2.22. The van der Waals surface area contributed by atoms with Crippen LogP contribution >= 0.6 is 0 Å². The van der Waals surface area contributed by atoms with Crippen molar-refractivity contribution >= 4 is 0 Å². The second-order valence-corrected chi connectivity index (χ2v) is 3.72. The number of fused-ring (bicyclic) bond motifs is 1. The second-order valence-electron chi connectivity index (χ2n) is 3.72. The Morgan fingerprint density at radius 2 is 2.25 bits per heavy atom. The van der Waals surface area contributed by atoms with Crippen molar-refractivity contribution in [2.45, 2.75) is 32.2 Å². The Labute approximate surface area is 73.6 Å². The van der Waals surface area contributed by atoms with Crippen LogP contribution in [0.1, 0.15) is 23.1 Å². The van der Waals surface area contributed by atoms with Crippen LogP contribution in [0.2, 0.25) is 0 Å². The summed E-state index contributed by atoms with van der Waals surface area (Å²) in [5.41, 5.74) is 10.3. The number of hydrogen-bond acceptors (Lipinski definition) is 1. The van der Waals surface area contributed by atoms with Crippen LogP contribution in [-0.2, 0) is 12.8 Å². The molecule has 0 fully saturated rings. The monoisotopic (exact) mass is 161 g/mol. The minimum atomic E-state index is 0.388. The number of benzene rings is 1. The Balaban J connectivity index is 2.42. The van der Waals surface area contributed by atoms with Crippen molar-refractivity contribution in [1.29, 1.82) is 0 Å². The molecule has 0 heterocycles. The molecule has 1 aliphatic rings. The highest BCUT2D eigenvalue weighted by molar-refractivity contribution is 5.36. The molecular weight excluding hydrogens is 146 g/mol. The van der Waals surface area contributed by atoms with Gasteiger partial charge >= 0.3 is 0 Å². The molecule has 1 heteroatoms. The van der Waals surface area contributed by atoms with E-state index in [-0.39, 0.29) is 0 Å². The van der Waals surface area contributed by atoms with Gasteiger partial charge in [-0.15, -0.1) is 0 Å². The van der Waals surface area contributed by atoms with Crippen molar-refractivity contribution in [3.63, 3.8) is 0 Å². The summed E-state index contributed by atoms with van der Waals surface area (Å²) in [6.45, 7) is 2.19. The molecule has 64 valence electrons. The second kappa shape index (κ2) is 2.91. The van der Waals surface area contributed by atoms with E-state index >= 15 is 0 Å². The quantitative estimate of drug-likeness (QED) is 0.617. The summed E-state index contributed by atoms with van der Waals surface area (Å²) < 4.78 is 0. The smallest absolute Gasteiger partial charge is 0.00825 e. The average molecular weight is 161 g/mol. The third kappa shape index (κ3) is 1.25. The minimum absolute atomic E-state index is 0.388. The van der Waals surface area contributed by atoms with E-state index in [1.807, 2.05) is 0 Å². The molecule has 0 saturated heterocycles. The zero-order valence-electron chi connectivity index (χ0n) is 7.51. The molecule has 0 radical (unpaired) electrons. The highest BCUT2D eigenvalue weighted by Crippen LogP contribution is 2.23. The summed E-state index contributed by atoms with van der Waals surface area (Å²) in [6, 6.07) is 6.92. The number of nitrogens with two attached hydrogens (primary N) is 1. The molecule has 12 heavy (non-hydrogen) atoms. The van der Waals surface area contributed by atoms with Gasteiger partial charge in [-0.2, -0.15) is 0 Å². The largest absolute Gasteiger partial charge is 0.327 e. The molecular formula is C11H15N. The van der Waals surface area contributed by atoms with Crippen LogP contribution in [0, 0.1) is 6.92 Å². The van der Waals surface area contributed by atoms with Crippen LogP contribution in [-0.4, -0.2) is 6.04 Å². The highest BCUT2D eigenvalue weighted by atomic mass is 14.6. The van der Waals surface area contributed by atoms with Crippen molar-refractivity contribution in [2.75, 3.05) is 0 Å². The van der Waals surface area contributed by atoms with Gasteiger partial charge in [-0.1, -0.05) is 18.2 Å². The number of aryl methyl sites for hydroxylation is 1. The molecule has 0 bridgehead atoms. The van der Waals surface area contributed by atoms with E-state index in [1.54, 1.807) is 5.56 Å². The maximum Gasteiger partial charge on any atom is 0.00825 e. The van der Waals surface area contributed by atoms with Gasteiger partial charge in [0.05, 0.1) is 0 Å². The summed E-state index contributed by atoms with van der Waals surface area (Å²) >= 11 is 0. The predicted molar refractivity (Wildman–Crippen MR) is 51.2 cm³/mol. The van der Waals surface area contributed by atoms with Gasteiger partial charge in [-0.25, -0.2) is 0 Å². The molecule has 1 aromatic carbocycles. The fourth-order valence-electron chi connectivity index (χ4n) is 2.03. The van der Waals surface area contributed by atoms with Crippen LogP contribution in [0.4, 0.5) is 0 Å². The van der Waals surface area contributed by atoms with Crippen LogP contribution in [0.3, 0.4) is 0 Å². The van der Waals surface area contributed by atoms with Crippen molar-refractivity contribution in [3.05, 3.63) is 34.9 Å². The first kappa shape index (κ1) is 7.81. The normalized spacial score (nSPS) is 22.0. The van der Waals surface area contributed by atoms with Crippen LogP contribution in [0.15, 0.2) is 18.2 Å². The molecule has 0 aliphatic heterocycles. The maximum absolute atomic E-state index is 5.90. The van der Waals surface area contributed by atoms with Crippen molar-refractivity contribution < 1.29 is 0 Å². The summed E-state index contributed by atoms with van der Waals surface area (Å²) in [6.07, 6.45) is 3.39. The van der Waals surface area contributed by atoms with Crippen LogP contribution in [0.25, 0.3) is 0 Å². The first-order valence-electron chi connectivity index (χ1n) is 4.60. The topological polar surface area (TPSA) is 26.0 Å². The molecule has 0 aromatic heterocycles. The molecule has 0 saturated carbocycles. The van der Waals surface area contributed by atoms with E-state index in [2.05, 4.69) is 25.1 Å². The van der Waals surface area contributed by atoms with Gasteiger partial charge in [0.25, 0.3) is 0 Å². The highest BCUT2D eigenvalue weighted by Gasteiger charge is 2.15. The standard InChI is InChI=1S/C11H15N/c1-8-3-2-4-9-7-10(12)5-6-11(8)9/h2-4,10H,5-7,12H2,1H3/t10-/m1/s1. The van der Waals surface area contributed by atoms with Crippen molar-refractivity contribution in [3.8, 4) is 0 Å². The molecule has 0 spiro atoms. The number of hydrogen-bond donors (Lipinski definition) is 1. The Kier molecular flexibility index (Phi) is 1.89. The lowest BCUT2D eigenvalue weighted by atomic mass is 9.86. The van der Waals surface area contributed by atoms with Crippen LogP contribution in [0.5, 0.6) is 0 Å². The summed E-state index contributed by atoms with van der Waals surface area (Å²) in [5, 5.41) is 0. The van der Waals surface area contributed by atoms with Crippen molar-refractivity contribution in [1.82, 2.24) is 0 Å². The summed E-state index contributed by atoms with van der Waals surface area (Å²) in [7, 11) is 0. The van der Waals surface area contributed by atoms with Gasteiger partial charge in [-0.3, -0.25) is 0 Å². The van der Waals surface area contributed by atoms with E-state index in [0.717, 1.165) is 12.8 Å². The molecule has 1 aromatic rings. The van der Waals surface area contributed by atoms with Crippen LogP contribution < -0.4 is 5.73 Å².